The van der Waals surface area contributed by atoms with Crippen LogP contribution in [-0.4, -0.2) is 60.1 Å². The molecule has 0 aliphatic carbocycles. The van der Waals surface area contributed by atoms with Crippen molar-refractivity contribution in [3.05, 3.63) is 35.9 Å². The third-order valence-corrected chi connectivity index (χ3v) is 5.16. The summed E-state index contributed by atoms with van der Waals surface area (Å²) < 4.78 is 11.1. The standard InChI is InChI=1S/C22H32N2O5/c1-6-14(2)19(23-20(25)18-10-8-7-9-11-18)22(27)29-17(5)21(26)24-12-15(3)28-16(4)13-24/h7-11,14-17,19H,6,12-13H2,1-5H3,(H,23,25)/t14-,15+,16+,17+,19-/m0/s1. The number of morpholine rings is 1. The molecule has 1 heterocycles. The third-order valence-electron chi connectivity index (χ3n) is 5.16. The Morgan fingerprint density at radius 2 is 1.72 bits per heavy atom. The maximum atomic E-state index is 12.8. The first kappa shape index (κ1) is 22.9. The number of rotatable bonds is 7. The first-order valence-corrected chi connectivity index (χ1v) is 10.2. The van der Waals surface area contributed by atoms with Gasteiger partial charge in [-0.1, -0.05) is 38.5 Å². The smallest absolute Gasteiger partial charge is 0.329 e. The Labute approximate surface area is 172 Å². The van der Waals surface area contributed by atoms with Crippen molar-refractivity contribution in [3.8, 4) is 0 Å². The summed E-state index contributed by atoms with van der Waals surface area (Å²) in [5.74, 6) is -1.33. The Hall–Kier alpha value is -2.41. The van der Waals surface area contributed by atoms with Gasteiger partial charge in [-0.15, -0.1) is 0 Å². The molecule has 1 aliphatic rings. The molecule has 7 nitrogen and oxygen atoms in total. The number of amides is 2. The van der Waals surface area contributed by atoms with E-state index in [4.69, 9.17) is 9.47 Å². The lowest BCUT2D eigenvalue weighted by Crippen LogP contribution is -2.53. The van der Waals surface area contributed by atoms with E-state index in [1.54, 1.807) is 36.1 Å². The second-order valence-corrected chi connectivity index (χ2v) is 7.78. The summed E-state index contributed by atoms with van der Waals surface area (Å²) in [5.41, 5.74) is 0.467. The van der Waals surface area contributed by atoms with Gasteiger partial charge in [-0.3, -0.25) is 9.59 Å². The minimum absolute atomic E-state index is 0.0661. The lowest BCUT2D eigenvalue weighted by Gasteiger charge is -2.36. The van der Waals surface area contributed by atoms with Crippen LogP contribution >= 0.6 is 0 Å². The highest BCUT2D eigenvalue weighted by molar-refractivity contribution is 5.97. The van der Waals surface area contributed by atoms with Crippen LogP contribution in [0.5, 0.6) is 0 Å². The van der Waals surface area contributed by atoms with Crippen LogP contribution in [0.4, 0.5) is 0 Å². The second-order valence-electron chi connectivity index (χ2n) is 7.78. The largest absolute Gasteiger partial charge is 0.451 e. The first-order valence-electron chi connectivity index (χ1n) is 10.2. The Balaban J connectivity index is 2.03. The summed E-state index contributed by atoms with van der Waals surface area (Å²) in [5, 5.41) is 2.76. The van der Waals surface area contributed by atoms with E-state index in [9.17, 15) is 14.4 Å². The molecule has 160 valence electrons. The topological polar surface area (TPSA) is 84.9 Å². The predicted octanol–water partition coefficient (Wildman–Crippen LogP) is 2.40. The van der Waals surface area contributed by atoms with E-state index < -0.39 is 18.1 Å². The van der Waals surface area contributed by atoms with Crippen LogP contribution < -0.4 is 5.32 Å². The molecule has 1 fully saturated rings. The van der Waals surface area contributed by atoms with Crippen LogP contribution in [0.3, 0.4) is 0 Å². The molecular formula is C22H32N2O5. The molecule has 0 radical (unpaired) electrons. The fourth-order valence-corrected chi connectivity index (χ4v) is 3.40. The van der Waals surface area contributed by atoms with Gasteiger partial charge in [0.1, 0.15) is 6.04 Å². The molecule has 1 aromatic rings. The van der Waals surface area contributed by atoms with E-state index in [-0.39, 0.29) is 29.9 Å². The lowest BCUT2D eigenvalue weighted by molar-refractivity contribution is -0.166. The first-order chi connectivity index (χ1) is 13.7. The molecule has 5 atom stereocenters. The Bertz CT molecular complexity index is 698. The van der Waals surface area contributed by atoms with Crippen LogP contribution in [0.1, 0.15) is 51.4 Å². The summed E-state index contributed by atoms with van der Waals surface area (Å²) in [6, 6.07) is 7.87. The number of ether oxygens (including phenoxy) is 2. The minimum atomic E-state index is -0.930. The minimum Gasteiger partial charge on any atom is -0.451 e. The number of carbonyl (C=O) groups excluding carboxylic acids is 3. The molecule has 29 heavy (non-hydrogen) atoms. The molecular weight excluding hydrogens is 372 g/mol. The molecule has 2 amide bonds. The van der Waals surface area contributed by atoms with Gasteiger partial charge in [-0.25, -0.2) is 4.79 Å². The van der Waals surface area contributed by atoms with Gasteiger partial charge in [-0.2, -0.15) is 0 Å². The zero-order chi connectivity index (χ0) is 21.6. The van der Waals surface area contributed by atoms with Crippen LogP contribution in [0.25, 0.3) is 0 Å². The Kier molecular flexibility index (Phi) is 8.20. The quantitative estimate of drug-likeness (QED) is 0.706. The van der Waals surface area contributed by atoms with E-state index in [0.717, 1.165) is 0 Å². The normalized spacial score (nSPS) is 22.3. The highest BCUT2D eigenvalue weighted by atomic mass is 16.5. The highest BCUT2D eigenvalue weighted by Gasteiger charge is 2.34. The number of benzene rings is 1. The van der Waals surface area contributed by atoms with Crippen molar-refractivity contribution in [2.45, 2.75) is 65.4 Å². The van der Waals surface area contributed by atoms with Crippen molar-refractivity contribution in [1.29, 1.82) is 0 Å². The molecule has 1 N–H and O–H groups in total. The van der Waals surface area contributed by atoms with Gasteiger partial charge in [0, 0.05) is 18.7 Å². The average molecular weight is 405 g/mol. The molecule has 0 saturated carbocycles. The molecule has 0 aromatic heterocycles. The summed E-state index contributed by atoms with van der Waals surface area (Å²) in [4.78, 5) is 39.7. The zero-order valence-electron chi connectivity index (χ0n) is 17.9. The zero-order valence-corrected chi connectivity index (χ0v) is 17.9. The SMILES string of the molecule is CC[C@H](C)[C@H](NC(=O)c1ccccc1)C(=O)O[C@H](C)C(=O)N1C[C@@H](C)O[C@H](C)C1. The Morgan fingerprint density at radius 1 is 1.14 bits per heavy atom. The maximum Gasteiger partial charge on any atom is 0.329 e. The monoisotopic (exact) mass is 404 g/mol. The molecule has 1 aromatic carbocycles. The molecule has 7 heteroatoms. The fraction of sp³-hybridized carbons (Fsp3) is 0.591. The second kappa shape index (κ2) is 10.4. The maximum absolute atomic E-state index is 12.8. The molecule has 0 unspecified atom stereocenters. The highest BCUT2D eigenvalue weighted by Crippen LogP contribution is 2.15. The van der Waals surface area contributed by atoms with Gasteiger partial charge >= 0.3 is 5.97 Å². The summed E-state index contributed by atoms with van der Waals surface area (Å²) in [6.07, 6.45) is -0.386. The van der Waals surface area contributed by atoms with Gasteiger partial charge in [-0.05, 0) is 38.8 Å². The van der Waals surface area contributed by atoms with Crippen molar-refractivity contribution < 1.29 is 23.9 Å². The van der Waals surface area contributed by atoms with Crippen LogP contribution in [-0.2, 0) is 19.1 Å². The van der Waals surface area contributed by atoms with E-state index in [1.807, 2.05) is 33.8 Å². The van der Waals surface area contributed by atoms with Crippen molar-refractivity contribution in [3.63, 3.8) is 0 Å². The lowest BCUT2D eigenvalue weighted by atomic mass is 9.98. The van der Waals surface area contributed by atoms with E-state index in [0.29, 0.717) is 25.1 Å². The molecule has 0 spiro atoms. The number of nitrogens with one attached hydrogen (secondary N) is 1. The number of esters is 1. The van der Waals surface area contributed by atoms with Gasteiger partial charge < -0.3 is 19.7 Å². The number of nitrogens with zero attached hydrogens (tertiary/aromatic N) is 1. The van der Waals surface area contributed by atoms with Crippen molar-refractivity contribution in [1.82, 2.24) is 10.2 Å². The van der Waals surface area contributed by atoms with Crippen LogP contribution in [0.15, 0.2) is 30.3 Å². The third kappa shape index (κ3) is 6.29. The summed E-state index contributed by atoms with van der Waals surface area (Å²) in [6.45, 7) is 10.1. The number of hydrogen-bond donors (Lipinski definition) is 1. The number of carbonyl (C=O) groups is 3. The average Bonchev–Trinajstić information content (AvgIpc) is 2.70. The molecule has 1 aliphatic heterocycles. The van der Waals surface area contributed by atoms with E-state index >= 15 is 0 Å². The van der Waals surface area contributed by atoms with Gasteiger partial charge in [0.25, 0.3) is 11.8 Å². The van der Waals surface area contributed by atoms with Gasteiger partial charge in [0.2, 0.25) is 0 Å². The molecule has 2 rings (SSSR count). The molecule has 1 saturated heterocycles. The van der Waals surface area contributed by atoms with Gasteiger partial charge in [0.05, 0.1) is 12.2 Å². The summed E-state index contributed by atoms with van der Waals surface area (Å²) in [7, 11) is 0. The van der Waals surface area contributed by atoms with E-state index in [2.05, 4.69) is 5.32 Å². The van der Waals surface area contributed by atoms with Crippen molar-refractivity contribution >= 4 is 17.8 Å². The van der Waals surface area contributed by atoms with Gasteiger partial charge in [0.15, 0.2) is 6.10 Å². The summed E-state index contributed by atoms with van der Waals surface area (Å²) >= 11 is 0. The van der Waals surface area contributed by atoms with Crippen LogP contribution in [0, 0.1) is 5.92 Å². The van der Waals surface area contributed by atoms with Crippen molar-refractivity contribution in [2.24, 2.45) is 5.92 Å². The van der Waals surface area contributed by atoms with Crippen LogP contribution in [0.2, 0.25) is 0 Å². The Morgan fingerprint density at radius 3 is 2.28 bits per heavy atom. The fourth-order valence-electron chi connectivity index (χ4n) is 3.40. The molecule has 0 bridgehead atoms. The van der Waals surface area contributed by atoms with E-state index in [1.165, 1.54) is 0 Å². The van der Waals surface area contributed by atoms with Crippen molar-refractivity contribution in [2.75, 3.05) is 13.1 Å². The number of hydrogen-bond acceptors (Lipinski definition) is 5. The predicted molar refractivity (Wildman–Crippen MR) is 109 cm³/mol.